The topological polar surface area (TPSA) is 113 Å². The van der Waals surface area contributed by atoms with Crippen LogP contribution in [0.1, 0.15) is 31.4 Å². The molecule has 1 fully saturated rings. The summed E-state index contributed by atoms with van der Waals surface area (Å²) < 4.78 is 27.3. The largest absolute Gasteiger partial charge is 0.355 e. The van der Waals surface area contributed by atoms with Gasteiger partial charge in [0.2, 0.25) is 15.9 Å². The molecule has 1 atom stereocenters. The van der Waals surface area contributed by atoms with Crippen LogP contribution in [-0.4, -0.2) is 65.6 Å². The van der Waals surface area contributed by atoms with Gasteiger partial charge in [-0.05, 0) is 49.6 Å². The number of carbonyl (C=O) groups is 1. The molecule has 10 nitrogen and oxygen atoms in total. The van der Waals surface area contributed by atoms with Crippen molar-refractivity contribution in [3.63, 3.8) is 0 Å². The van der Waals surface area contributed by atoms with E-state index in [0.29, 0.717) is 5.65 Å². The molecule has 1 saturated heterocycles. The van der Waals surface area contributed by atoms with Crippen LogP contribution in [0.5, 0.6) is 0 Å². The summed E-state index contributed by atoms with van der Waals surface area (Å²) in [5.74, 6) is 0.794. The number of rotatable bonds is 6. The number of piperidine rings is 1. The van der Waals surface area contributed by atoms with Gasteiger partial charge in [-0.2, -0.15) is 4.52 Å². The van der Waals surface area contributed by atoms with Crippen molar-refractivity contribution in [1.82, 2.24) is 29.4 Å². The molecular weight excluding hydrogens is 430 g/mol. The normalized spacial score (nSPS) is 16.4. The van der Waals surface area contributed by atoms with Gasteiger partial charge in [-0.3, -0.25) is 4.79 Å². The van der Waals surface area contributed by atoms with Gasteiger partial charge in [0, 0.05) is 33.1 Å². The summed E-state index contributed by atoms with van der Waals surface area (Å²) in [6.45, 7) is 3.38. The lowest BCUT2D eigenvalue weighted by molar-refractivity contribution is -0.126. The minimum atomic E-state index is -3.47. The first-order valence-corrected chi connectivity index (χ1v) is 11.9. The zero-order valence-electron chi connectivity index (χ0n) is 18.3. The highest BCUT2D eigenvalue weighted by Gasteiger charge is 2.27. The molecule has 1 aliphatic rings. The molecule has 32 heavy (non-hydrogen) atoms. The van der Waals surface area contributed by atoms with Gasteiger partial charge in [-0.25, -0.2) is 12.7 Å². The molecule has 0 radical (unpaired) electrons. The maximum absolute atomic E-state index is 12.8. The van der Waals surface area contributed by atoms with Gasteiger partial charge < -0.3 is 10.2 Å². The monoisotopic (exact) mass is 457 g/mol. The van der Waals surface area contributed by atoms with Crippen molar-refractivity contribution in [2.45, 2.75) is 30.7 Å². The Labute approximate surface area is 187 Å². The molecule has 1 N–H and O–H groups in total. The van der Waals surface area contributed by atoms with E-state index >= 15 is 0 Å². The number of hydrogen-bond donors (Lipinski definition) is 1. The van der Waals surface area contributed by atoms with Crippen molar-refractivity contribution < 1.29 is 13.2 Å². The van der Waals surface area contributed by atoms with E-state index in [4.69, 9.17) is 0 Å². The Hall–Kier alpha value is -3.05. The fourth-order valence-electron chi connectivity index (χ4n) is 3.81. The van der Waals surface area contributed by atoms with Crippen LogP contribution in [0, 0.1) is 5.92 Å². The molecule has 1 aliphatic heterocycles. The first-order valence-electron chi connectivity index (χ1n) is 10.5. The minimum absolute atomic E-state index is 0.0179. The van der Waals surface area contributed by atoms with Crippen LogP contribution in [0.3, 0.4) is 0 Å². The van der Waals surface area contributed by atoms with Gasteiger partial charge in [0.1, 0.15) is 12.1 Å². The molecule has 3 aromatic rings. The average molecular weight is 458 g/mol. The molecule has 3 heterocycles. The average Bonchev–Trinajstić information content (AvgIpc) is 3.27. The van der Waals surface area contributed by atoms with Crippen LogP contribution in [0.15, 0.2) is 47.6 Å². The number of nitrogens with zero attached hydrogens (tertiary/aromatic N) is 6. The minimum Gasteiger partial charge on any atom is -0.355 e. The predicted octanol–water partition coefficient (Wildman–Crippen LogP) is 1.47. The second-order valence-electron chi connectivity index (χ2n) is 8.17. The molecule has 2 aromatic heterocycles. The number of sulfonamides is 1. The summed E-state index contributed by atoms with van der Waals surface area (Å²) >= 11 is 0. The Kier molecular flexibility index (Phi) is 6.11. The number of aromatic nitrogens is 4. The highest BCUT2D eigenvalue weighted by atomic mass is 32.2. The molecule has 4 rings (SSSR count). The summed E-state index contributed by atoms with van der Waals surface area (Å²) in [7, 11) is -0.467. The Morgan fingerprint density at radius 2 is 1.81 bits per heavy atom. The fourth-order valence-corrected chi connectivity index (χ4v) is 4.71. The highest BCUT2D eigenvalue weighted by molar-refractivity contribution is 7.89. The summed E-state index contributed by atoms with van der Waals surface area (Å²) in [4.78, 5) is 15.2. The number of carbonyl (C=O) groups excluding carboxylic acids is 1. The number of anilines is 1. The Morgan fingerprint density at radius 1 is 1.12 bits per heavy atom. The molecule has 1 amide bonds. The van der Waals surface area contributed by atoms with E-state index in [2.05, 4.69) is 25.5 Å². The van der Waals surface area contributed by atoms with E-state index in [-0.39, 0.29) is 22.8 Å². The number of nitrogens with one attached hydrogen (secondary N) is 1. The molecule has 1 aromatic carbocycles. The van der Waals surface area contributed by atoms with E-state index in [1.807, 2.05) is 19.1 Å². The highest BCUT2D eigenvalue weighted by Crippen LogP contribution is 2.24. The molecule has 0 bridgehead atoms. The third-order valence-electron chi connectivity index (χ3n) is 5.85. The van der Waals surface area contributed by atoms with Gasteiger partial charge in [0.05, 0.1) is 10.9 Å². The van der Waals surface area contributed by atoms with E-state index in [9.17, 15) is 13.2 Å². The van der Waals surface area contributed by atoms with Crippen molar-refractivity contribution >= 4 is 27.4 Å². The van der Waals surface area contributed by atoms with E-state index in [0.717, 1.165) is 37.3 Å². The van der Waals surface area contributed by atoms with Gasteiger partial charge in [0.15, 0.2) is 5.65 Å². The van der Waals surface area contributed by atoms with Gasteiger partial charge in [0.25, 0.3) is 0 Å². The van der Waals surface area contributed by atoms with E-state index in [1.54, 1.807) is 35.1 Å². The Bertz CT molecular complexity index is 1200. The quantitative estimate of drug-likeness (QED) is 0.596. The van der Waals surface area contributed by atoms with Crippen LogP contribution in [0.2, 0.25) is 0 Å². The van der Waals surface area contributed by atoms with E-state index in [1.165, 1.54) is 18.4 Å². The molecule has 0 spiro atoms. The number of fused-ring (bicyclic) bond motifs is 1. The van der Waals surface area contributed by atoms with Crippen LogP contribution in [0.4, 0.5) is 5.82 Å². The summed E-state index contributed by atoms with van der Waals surface area (Å²) in [5.41, 5.74) is 1.56. The predicted molar refractivity (Wildman–Crippen MR) is 120 cm³/mol. The smallest absolute Gasteiger partial charge is 0.242 e. The summed E-state index contributed by atoms with van der Waals surface area (Å²) in [5, 5.41) is 15.4. The van der Waals surface area contributed by atoms with Gasteiger partial charge in [-0.1, -0.05) is 12.1 Å². The van der Waals surface area contributed by atoms with Crippen molar-refractivity contribution in [2.75, 3.05) is 32.1 Å². The van der Waals surface area contributed by atoms with Gasteiger partial charge in [-0.15, -0.1) is 15.3 Å². The van der Waals surface area contributed by atoms with Crippen molar-refractivity contribution in [1.29, 1.82) is 0 Å². The molecule has 170 valence electrons. The van der Waals surface area contributed by atoms with Crippen LogP contribution in [-0.2, 0) is 14.8 Å². The second-order valence-corrected chi connectivity index (χ2v) is 10.3. The Morgan fingerprint density at radius 3 is 2.47 bits per heavy atom. The zero-order valence-corrected chi connectivity index (χ0v) is 19.2. The second kappa shape index (κ2) is 8.83. The molecule has 0 saturated carbocycles. The number of benzene rings is 1. The first kappa shape index (κ1) is 22.2. The standard InChI is InChI=1S/C21H27N7O3S/c1-15(16-4-6-18(7-5-16)32(30,31)26(2)3)23-21(29)17-10-12-27(13-11-17)20-9-8-19-24-22-14-28(19)25-20/h4-9,14-15,17H,10-13H2,1-3H3,(H,23,29). The summed E-state index contributed by atoms with van der Waals surface area (Å²) in [6.07, 6.45) is 3.05. The van der Waals surface area contributed by atoms with E-state index < -0.39 is 10.0 Å². The number of amides is 1. The lowest BCUT2D eigenvalue weighted by Gasteiger charge is -2.32. The van der Waals surface area contributed by atoms with Gasteiger partial charge >= 0.3 is 0 Å². The van der Waals surface area contributed by atoms with Crippen LogP contribution in [0.25, 0.3) is 5.65 Å². The lowest BCUT2D eigenvalue weighted by Crippen LogP contribution is -2.41. The maximum atomic E-state index is 12.8. The van der Waals surface area contributed by atoms with Crippen LogP contribution >= 0.6 is 0 Å². The van der Waals surface area contributed by atoms with Crippen molar-refractivity contribution in [2.24, 2.45) is 5.92 Å². The third kappa shape index (κ3) is 4.44. The maximum Gasteiger partial charge on any atom is 0.242 e. The Balaban J connectivity index is 1.33. The summed E-state index contributed by atoms with van der Waals surface area (Å²) in [6, 6.07) is 10.2. The van der Waals surface area contributed by atoms with Crippen LogP contribution < -0.4 is 10.2 Å². The molecule has 11 heteroatoms. The molecule has 0 aliphatic carbocycles. The SMILES string of the molecule is CC(NC(=O)C1CCN(c2ccc3nncn3n2)CC1)c1ccc(S(=O)(=O)N(C)C)cc1. The van der Waals surface area contributed by atoms with Crippen molar-refractivity contribution in [3.05, 3.63) is 48.3 Å². The first-order chi connectivity index (χ1) is 15.3. The third-order valence-corrected chi connectivity index (χ3v) is 7.68. The fraction of sp³-hybridized carbons (Fsp3) is 0.429. The number of hydrogen-bond acceptors (Lipinski definition) is 7. The molecule has 1 unspecified atom stereocenters. The zero-order chi connectivity index (χ0) is 22.9. The van der Waals surface area contributed by atoms with Crippen molar-refractivity contribution in [3.8, 4) is 0 Å². The molecular formula is C21H27N7O3S. The lowest BCUT2D eigenvalue weighted by atomic mass is 9.95.